The van der Waals surface area contributed by atoms with Crippen LogP contribution in [0.15, 0.2) is 42.5 Å². The van der Waals surface area contributed by atoms with Gasteiger partial charge in [-0.2, -0.15) is 0 Å². The Balaban J connectivity index is 1.84. The monoisotopic (exact) mass is 290 g/mol. The molecule has 2 unspecified atom stereocenters. The van der Waals surface area contributed by atoms with Crippen molar-refractivity contribution in [1.29, 1.82) is 0 Å². The standard InChI is InChI=1S/C17H16ClFO/c18-14-7-8-16(19)13(10-14)9-12-6-5-11-3-1-2-4-15(11)17(12)20/h1-4,7-8,10,12,17,20H,5-6,9H2. The molecule has 0 spiro atoms. The maximum atomic E-state index is 13.8. The van der Waals surface area contributed by atoms with E-state index in [1.807, 2.05) is 18.2 Å². The van der Waals surface area contributed by atoms with E-state index in [2.05, 4.69) is 6.07 Å². The molecular weight excluding hydrogens is 275 g/mol. The fraction of sp³-hybridized carbons (Fsp3) is 0.294. The van der Waals surface area contributed by atoms with Gasteiger partial charge in [-0.25, -0.2) is 4.39 Å². The van der Waals surface area contributed by atoms with Gasteiger partial charge in [-0.15, -0.1) is 0 Å². The molecule has 2 aromatic rings. The number of fused-ring (bicyclic) bond motifs is 1. The quantitative estimate of drug-likeness (QED) is 0.873. The third-order valence-electron chi connectivity index (χ3n) is 4.09. The van der Waals surface area contributed by atoms with Crippen LogP contribution in [0.3, 0.4) is 0 Å². The lowest BCUT2D eigenvalue weighted by molar-refractivity contribution is 0.0932. The van der Waals surface area contributed by atoms with Gasteiger partial charge >= 0.3 is 0 Å². The van der Waals surface area contributed by atoms with Gasteiger partial charge in [0.05, 0.1) is 6.10 Å². The predicted octanol–water partition coefficient (Wildman–Crippen LogP) is 4.32. The van der Waals surface area contributed by atoms with Crippen LogP contribution in [0, 0.1) is 11.7 Å². The largest absolute Gasteiger partial charge is 0.388 e. The molecule has 0 aliphatic heterocycles. The van der Waals surface area contributed by atoms with Gasteiger partial charge in [0, 0.05) is 5.02 Å². The summed E-state index contributed by atoms with van der Waals surface area (Å²) >= 11 is 5.92. The van der Waals surface area contributed by atoms with Crippen molar-refractivity contribution >= 4 is 11.6 Å². The number of halogens is 2. The highest BCUT2D eigenvalue weighted by molar-refractivity contribution is 6.30. The molecule has 1 aliphatic rings. The highest BCUT2D eigenvalue weighted by Crippen LogP contribution is 2.36. The van der Waals surface area contributed by atoms with Gasteiger partial charge < -0.3 is 5.11 Å². The summed E-state index contributed by atoms with van der Waals surface area (Å²) < 4.78 is 13.8. The topological polar surface area (TPSA) is 20.2 Å². The van der Waals surface area contributed by atoms with Gasteiger partial charge in [0.1, 0.15) is 5.82 Å². The summed E-state index contributed by atoms with van der Waals surface area (Å²) in [6, 6.07) is 12.5. The summed E-state index contributed by atoms with van der Waals surface area (Å²) in [4.78, 5) is 0. The van der Waals surface area contributed by atoms with Crippen molar-refractivity contribution in [3.05, 3.63) is 70.0 Å². The summed E-state index contributed by atoms with van der Waals surface area (Å²) in [7, 11) is 0. The number of hydrogen-bond donors (Lipinski definition) is 1. The van der Waals surface area contributed by atoms with E-state index in [4.69, 9.17) is 11.6 Å². The number of benzene rings is 2. The van der Waals surface area contributed by atoms with E-state index in [1.165, 1.54) is 11.6 Å². The highest BCUT2D eigenvalue weighted by Gasteiger charge is 2.28. The Bertz CT molecular complexity index is 626. The van der Waals surface area contributed by atoms with Crippen molar-refractivity contribution < 1.29 is 9.50 Å². The van der Waals surface area contributed by atoms with Gasteiger partial charge in [0.15, 0.2) is 0 Å². The fourth-order valence-electron chi connectivity index (χ4n) is 3.00. The lowest BCUT2D eigenvalue weighted by Gasteiger charge is -2.30. The summed E-state index contributed by atoms with van der Waals surface area (Å²) in [5.41, 5.74) is 2.76. The van der Waals surface area contributed by atoms with Crippen LogP contribution >= 0.6 is 11.6 Å². The second-order valence-electron chi connectivity index (χ2n) is 5.38. The lowest BCUT2D eigenvalue weighted by atomic mass is 9.78. The van der Waals surface area contributed by atoms with Crippen molar-refractivity contribution in [3.63, 3.8) is 0 Å². The van der Waals surface area contributed by atoms with Gasteiger partial charge in [0.2, 0.25) is 0 Å². The van der Waals surface area contributed by atoms with Crippen molar-refractivity contribution in [2.24, 2.45) is 5.92 Å². The fourth-order valence-corrected chi connectivity index (χ4v) is 3.19. The van der Waals surface area contributed by atoms with Crippen LogP contribution in [0.4, 0.5) is 4.39 Å². The first-order valence-corrected chi connectivity index (χ1v) is 7.23. The smallest absolute Gasteiger partial charge is 0.126 e. The van der Waals surface area contributed by atoms with Crippen LogP contribution in [0.5, 0.6) is 0 Å². The van der Waals surface area contributed by atoms with Crippen molar-refractivity contribution in [3.8, 4) is 0 Å². The highest BCUT2D eigenvalue weighted by atomic mass is 35.5. The van der Waals surface area contributed by atoms with Crippen LogP contribution in [0.2, 0.25) is 5.02 Å². The van der Waals surface area contributed by atoms with E-state index >= 15 is 0 Å². The number of aryl methyl sites for hydroxylation is 1. The molecule has 3 rings (SSSR count). The van der Waals surface area contributed by atoms with Gasteiger partial charge in [-0.1, -0.05) is 35.9 Å². The predicted molar refractivity (Wildman–Crippen MR) is 78.3 cm³/mol. The van der Waals surface area contributed by atoms with Crippen molar-refractivity contribution in [2.45, 2.75) is 25.4 Å². The molecule has 104 valence electrons. The summed E-state index contributed by atoms with van der Waals surface area (Å²) in [6.07, 6.45) is 1.78. The molecule has 0 saturated heterocycles. The minimum atomic E-state index is -0.529. The molecule has 0 radical (unpaired) electrons. The van der Waals surface area contributed by atoms with E-state index in [1.54, 1.807) is 12.1 Å². The molecule has 0 heterocycles. The van der Waals surface area contributed by atoms with Crippen LogP contribution < -0.4 is 0 Å². The summed E-state index contributed by atoms with van der Waals surface area (Å²) in [5.74, 6) is -0.210. The van der Waals surface area contributed by atoms with Crippen LogP contribution in [0.1, 0.15) is 29.2 Å². The molecular formula is C17H16ClFO. The Hall–Kier alpha value is -1.38. The third kappa shape index (κ3) is 2.58. The first kappa shape index (κ1) is 13.6. The van der Waals surface area contributed by atoms with Crippen LogP contribution in [-0.4, -0.2) is 5.11 Å². The minimum Gasteiger partial charge on any atom is -0.388 e. The first-order valence-electron chi connectivity index (χ1n) is 6.85. The van der Waals surface area contributed by atoms with E-state index in [0.29, 0.717) is 17.0 Å². The van der Waals surface area contributed by atoms with Crippen molar-refractivity contribution in [1.82, 2.24) is 0 Å². The SMILES string of the molecule is OC1c2ccccc2CCC1Cc1cc(Cl)ccc1F. The van der Waals surface area contributed by atoms with Crippen LogP contribution in [-0.2, 0) is 12.8 Å². The van der Waals surface area contributed by atoms with E-state index < -0.39 is 6.10 Å². The maximum absolute atomic E-state index is 13.8. The van der Waals surface area contributed by atoms with Crippen molar-refractivity contribution in [2.75, 3.05) is 0 Å². The zero-order valence-corrected chi connectivity index (χ0v) is 11.8. The van der Waals surface area contributed by atoms with E-state index in [9.17, 15) is 9.50 Å². The zero-order valence-electron chi connectivity index (χ0n) is 11.0. The van der Waals surface area contributed by atoms with E-state index in [-0.39, 0.29) is 11.7 Å². The average Bonchev–Trinajstić information content (AvgIpc) is 2.46. The molecule has 1 aliphatic carbocycles. The molecule has 0 aromatic heterocycles. The zero-order chi connectivity index (χ0) is 14.1. The van der Waals surface area contributed by atoms with Gasteiger partial charge in [-0.3, -0.25) is 0 Å². The molecule has 0 saturated carbocycles. The third-order valence-corrected chi connectivity index (χ3v) is 4.33. The molecule has 0 bridgehead atoms. The molecule has 0 amide bonds. The Labute approximate surface area is 123 Å². The number of hydrogen-bond acceptors (Lipinski definition) is 1. The maximum Gasteiger partial charge on any atom is 0.126 e. The molecule has 2 atom stereocenters. The van der Waals surface area contributed by atoms with Gasteiger partial charge in [-0.05, 0) is 60.1 Å². The van der Waals surface area contributed by atoms with Crippen LogP contribution in [0.25, 0.3) is 0 Å². The molecule has 1 N–H and O–H groups in total. The van der Waals surface area contributed by atoms with E-state index in [0.717, 1.165) is 18.4 Å². The Morgan fingerprint density at radius 1 is 1.20 bits per heavy atom. The average molecular weight is 291 g/mol. The summed E-state index contributed by atoms with van der Waals surface area (Å²) in [5, 5.41) is 11.0. The normalized spacial score (nSPS) is 21.6. The first-order chi connectivity index (χ1) is 9.65. The molecule has 1 nitrogen and oxygen atoms in total. The second kappa shape index (κ2) is 5.55. The summed E-state index contributed by atoms with van der Waals surface area (Å²) in [6.45, 7) is 0. The minimum absolute atomic E-state index is 0.0397. The molecule has 20 heavy (non-hydrogen) atoms. The number of aliphatic hydroxyl groups excluding tert-OH is 1. The molecule has 3 heteroatoms. The molecule has 2 aromatic carbocycles. The second-order valence-corrected chi connectivity index (χ2v) is 5.82. The number of aliphatic hydroxyl groups is 1. The lowest BCUT2D eigenvalue weighted by Crippen LogP contribution is -2.22. The Morgan fingerprint density at radius 3 is 2.85 bits per heavy atom. The molecule has 0 fully saturated rings. The van der Waals surface area contributed by atoms with Gasteiger partial charge in [0.25, 0.3) is 0 Å². The Kier molecular flexibility index (Phi) is 3.77. The Morgan fingerprint density at radius 2 is 2.00 bits per heavy atom. The number of rotatable bonds is 2.